The molecule has 0 spiro atoms. The van der Waals surface area contributed by atoms with Crippen LogP contribution in [0.5, 0.6) is 0 Å². The van der Waals surface area contributed by atoms with Crippen LogP contribution in [0.3, 0.4) is 0 Å². The summed E-state index contributed by atoms with van der Waals surface area (Å²) in [5, 5.41) is 2.05. The zero-order chi connectivity index (χ0) is 15.2. The third-order valence-corrected chi connectivity index (χ3v) is 4.10. The topological polar surface area (TPSA) is 67.4 Å². The number of nitrogen functional groups attached to an aromatic ring is 1. The van der Waals surface area contributed by atoms with Gasteiger partial charge in [0, 0.05) is 31.9 Å². The molecule has 6 nitrogen and oxygen atoms in total. The molecule has 116 valence electrons. The van der Waals surface area contributed by atoms with E-state index in [-0.39, 0.29) is 11.5 Å². The lowest BCUT2D eigenvalue weighted by atomic mass is 10.0. The minimum atomic E-state index is -0.299. The monoisotopic (exact) mass is 291 g/mol. The first-order valence-corrected chi connectivity index (χ1v) is 7.61. The van der Waals surface area contributed by atoms with Crippen LogP contribution in [0.15, 0.2) is 29.7 Å². The fourth-order valence-electron chi connectivity index (χ4n) is 2.91. The van der Waals surface area contributed by atoms with E-state index in [1.54, 1.807) is 16.9 Å². The normalized spacial score (nSPS) is 16.4. The third-order valence-electron chi connectivity index (χ3n) is 4.10. The Bertz CT molecular complexity index is 519. The molecule has 0 radical (unpaired) electrons. The molecule has 2 N–H and O–H groups in total. The molecule has 2 rings (SSSR count). The summed E-state index contributed by atoms with van der Waals surface area (Å²) in [6.07, 6.45) is 6.82. The van der Waals surface area contributed by atoms with Crippen molar-refractivity contribution in [3.63, 3.8) is 0 Å². The Morgan fingerprint density at radius 2 is 2.24 bits per heavy atom. The van der Waals surface area contributed by atoms with Crippen LogP contribution in [0.4, 0.5) is 5.82 Å². The van der Waals surface area contributed by atoms with E-state index in [1.807, 2.05) is 11.1 Å². The average molecular weight is 291 g/mol. The van der Waals surface area contributed by atoms with Gasteiger partial charge in [0.2, 0.25) is 0 Å². The Morgan fingerprint density at radius 3 is 2.81 bits per heavy atom. The highest BCUT2D eigenvalue weighted by molar-refractivity contribution is 5.24. The van der Waals surface area contributed by atoms with Crippen molar-refractivity contribution in [2.45, 2.75) is 32.2 Å². The van der Waals surface area contributed by atoms with Gasteiger partial charge in [-0.25, -0.2) is 9.47 Å². The fraction of sp³-hybridized carbons (Fsp3) is 0.600. The average Bonchev–Trinajstić information content (AvgIpc) is 2.49. The summed E-state index contributed by atoms with van der Waals surface area (Å²) >= 11 is 0. The Labute approximate surface area is 125 Å². The van der Waals surface area contributed by atoms with E-state index in [9.17, 15) is 4.79 Å². The molecule has 0 atom stereocenters. The zero-order valence-electron chi connectivity index (χ0n) is 12.7. The lowest BCUT2D eigenvalue weighted by Gasteiger charge is -2.39. The number of rotatable bonds is 6. The molecule has 1 aromatic rings. The molecular formula is C15H25N5O. The van der Waals surface area contributed by atoms with Crippen molar-refractivity contribution in [1.29, 1.82) is 0 Å². The van der Waals surface area contributed by atoms with Gasteiger partial charge in [-0.15, -0.1) is 6.58 Å². The van der Waals surface area contributed by atoms with Crippen LogP contribution in [0.1, 0.15) is 26.2 Å². The predicted octanol–water partition coefficient (Wildman–Crippen LogP) is 0.824. The van der Waals surface area contributed by atoms with Crippen LogP contribution in [-0.4, -0.2) is 46.8 Å². The Balaban J connectivity index is 1.96. The van der Waals surface area contributed by atoms with Crippen molar-refractivity contribution < 1.29 is 0 Å². The Hall–Kier alpha value is -1.82. The predicted molar refractivity (Wildman–Crippen MR) is 85.9 cm³/mol. The van der Waals surface area contributed by atoms with Gasteiger partial charge in [0.05, 0.1) is 0 Å². The van der Waals surface area contributed by atoms with Gasteiger partial charge in [-0.05, 0) is 31.9 Å². The second-order valence-electron chi connectivity index (χ2n) is 5.37. The number of hydrogen-bond acceptors (Lipinski definition) is 5. The molecule has 0 bridgehead atoms. The smallest absolute Gasteiger partial charge is 0.368 e. The number of anilines is 1. The van der Waals surface area contributed by atoms with Gasteiger partial charge in [-0.1, -0.05) is 13.0 Å². The maximum absolute atomic E-state index is 11.9. The molecule has 21 heavy (non-hydrogen) atoms. The number of aromatic nitrogens is 2. The van der Waals surface area contributed by atoms with Crippen molar-refractivity contribution in [3.05, 3.63) is 35.4 Å². The number of hydrogen-bond donors (Lipinski definition) is 1. The molecular weight excluding hydrogens is 266 g/mol. The van der Waals surface area contributed by atoms with E-state index >= 15 is 0 Å². The zero-order valence-corrected chi connectivity index (χ0v) is 12.7. The first-order valence-electron chi connectivity index (χ1n) is 7.61. The highest BCUT2D eigenvalue weighted by atomic mass is 16.2. The van der Waals surface area contributed by atoms with E-state index in [4.69, 9.17) is 5.73 Å². The van der Waals surface area contributed by atoms with Crippen molar-refractivity contribution in [3.8, 4) is 0 Å². The highest BCUT2D eigenvalue weighted by Crippen LogP contribution is 2.15. The second-order valence-corrected chi connectivity index (χ2v) is 5.37. The molecule has 0 aromatic carbocycles. The largest absolute Gasteiger partial charge is 0.383 e. The quantitative estimate of drug-likeness (QED) is 0.786. The lowest BCUT2D eigenvalue weighted by Crippen LogP contribution is -2.52. The van der Waals surface area contributed by atoms with E-state index < -0.39 is 0 Å². The maximum atomic E-state index is 11.9. The number of nitrogens with two attached hydrogens (primary N) is 1. The maximum Gasteiger partial charge on any atom is 0.368 e. The van der Waals surface area contributed by atoms with Crippen LogP contribution in [0, 0.1) is 0 Å². The molecule has 0 amide bonds. The van der Waals surface area contributed by atoms with Crippen LogP contribution in [0.25, 0.3) is 0 Å². The first kappa shape index (κ1) is 15.6. The molecule has 1 aromatic heterocycles. The van der Waals surface area contributed by atoms with Gasteiger partial charge in [-0.2, -0.15) is 4.98 Å². The molecule has 1 fully saturated rings. The Morgan fingerprint density at radius 1 is 1.52 bits per heavy atom. The molecule has 2 heterocycles. The first-order chi connectivity index (χ1) is 10.2. The molecule has 1 aliphatic heterocycles. The molecule has 1 saturated heterocycles. The van der Waals surface area contributed by atoms with Gasteiger partial charge in [0.1, 0.15) is 5.82 Å². The second kappa shape index (κ2) is 7.26. The van der Waals surface area contributed by atoms with Crippen LogP contribution >= 0.6 is 0 Å². The van der Waals surface area contributed by atoms with E-state index in [0.717, 1.165) is 45.4 Å². The highest BCUT2D eigenvalue weighted by Gasteiger charge is 2.24. The lowest BCUT2D eigenvalue weighted by molar-refractivity contribution is 0.173. The molecule has 6 heteroatoms. The van der Waals surface area contributed by atoms with Crippen molar-refractivity contribution >= 4 is 5.82 Å². The van der Waals surface area contributed by atoms with Gasteiger partial charge < -0.3 is 15.6 Å². The van der Waals surface area contributed by atoms with Crippen molar-refractivity contribution in [2.24, 2.45) is 0 Å². The number of piperidine rings is 1. The summed E-state index contributed by atoms with van der Waals surface area (Å²) in [5.74, 6) is 0.271. The van der Waals surface area contributed by atoms with Crippen molar-refractivity contribution in [1.82, 2.24) is 14.6 Å². The van der Waals surface area contributed by atoms with Gasteiger partial charge >= 0.3 is 5.69 Å². The molecule has 0 aliphatic carbocycles. The van der Waals surface area contributed by atoms with Crippen LogP contribution < -0.4 is 16.4 Å². The van der Waals surface area contributed by atoms with E-state index in [0.29, 0.717) is 6.04 Å². The third kappa shape index (κ3) is 3.85. The summed E-state index contributed by atoms with van der Waals surface area (Å²) in [7, 11) is 0. The van der Waals surface area contributed by atoms with E-state index in [2.05, 4.69) is 23.4 Å². The van der Waals surface area contributed by atoms with Crippen LogP contribution in [-0.2, 0) is 0 Å². The summed E-state index contributed by atoms with van der Waals surface area (Å²) in [5.41, 5.74) is 5.23. The summed E-state index contributed by atoms with van der Waals surface area (Å²) in [4.78, 5) is 18.1. The molecule has 1 aliphatic rings. The summed E-state index contributed by atoms with van der Waals surface area (Å²) in [6.45, 7) is 9.83. The molecule has 0 unspecified atom stereocenters. The van der Waals surface area contributed by atoms with Crippen LogP contribution in [0.2, 0.25) is 0 Å². The van der Waals surface area contributed by atoms with Crippen molar-refractivity contribution in [2.75, 3.05) is 36.9 Å². The van der Waals surface area contributed by atoms with Gasteiger partial charge in [0.15, 0.2) is 0 Å². The summed E-state index contributed by atoms with van der Waals surface area (Å²) in [6, 6.07) is 2.25. The summed E-state index contributed by atoms with van der Waals surface area (Å²) < 4.78 is 1.58. The molecule has 0 saturated carbocycles. The number of nitrogens with zero attached hydrogens (tertiary/aromatic N) is 4. The Kier molecular flexibility index (Phi) is 5.38. The SMILES string of the molecule is C=CCCN(CC)C1CCN(n2ccc(N)nc2=O)CC1. The van der Waals surface area contributed by atoms with Gasteiger partial charge in [0.25, 0.3) is 0 Å². The minimum absolute atomic E-state index is 0.271. The fourth-order valence-corrected chi connectivity index (χ4v) is 2.91. The van der Waals surface area contributed by atoms with E-state index in [1.165, 1.54) is 0 Å². The van der Waals surface area contributed by atoms with Gasteiger partial charge in [-0.3, -0.25) is 0 Å². The standard InChI is InChI=1S/C15H25N5O/c1-3-5-9-18(4-2)13-6-10-19(11-7-13)20-12-8-14(16)17-15(20)21/h3,8,12-13H,1,4-7,9-11H2,2H3,(H2,16,17,21). The minimum Gasteiger partial charge on any atom is -0.383 e.